The third kappa shape index (κ3) is 6.69. The normalized spacial score (nSPS) is 13.8. The van der Waals surface area contributed by atoms with Crippen LogP contribution in [0.4, 0.5) is 0 Å². The van der Waals surface area contributed by atoms with Crippen LogP contribution in [0.1, 0.15) is 13.8 Å². The molecule has 0 saturated heterocycles. The molecule has 0 rings (SSSR count). The number of nitrogens with zero attached hydrogens (tertiary/aromatic N) is 2. The van der Waals surface area contributed by atoms with Crippen LogP contribution < -0.4 is 0 Å². The number of esters is 2. The van der Waals surface area contributed by atoms with Crippen LogP contribution >= 0.6 is 0 Å². The molecule has 0 amide bonds. The first-order valence-corrected chi connectivity index (χ1v) is 6.31. The van der Waals surface area contributed by atoms with Crippen LogP contribution in [0.5, 0.6) is 0 Å². The summed E-state index contributed by atoms with van der Waals surface area (Å²) in [6.07, 6.45) is 2.37. The molecule has 0 aliphatic heterocycles. The maximum atomic E-state index is 11.3. The van der Waals surface area contributed by atoms with E-state index in [2.05, 4.69) is 19.5 Å². The van der Waals surface area contributed by atoms with Crippen molar-refractivity contribution in [1.29, 1.82) is 0 Å². The zero-order valence-electron chi connectivity index (χ0n) is 13.0. The summed E-state index contributed by atoms with van der Waals surface area (Å²) in [5.41, 5.74) is -0.0966. The first kappa shape index (κ1) is 19.4. The van der Waals surface area contributed by atoms with E-state index in [1.807, 2.05) is 0 Å². The van der Waals surface area contributed by atoms with Crippen LogP contribution in [-0.2, 0) is 19.1 Å². The third-order valence-corrected chi connectivity index (χ3v) is 2.39. The van der Waals surface area contributed by atoms with Gasteiger partial charge in [-0.25, -0.2) is 9.59 Å². The van der Waals surface area contributed by atoms with Gasteiger partial charge in [0.05, 0.1) is 27.3 Å². The molecule has 0 aromatic heterocycles. The standard InChI is InChI=1S/C14H20N2O6/c1-9(17)11(13(19)21-3)7-15-5-6-16-8-12(10(2)18)14(20)22-4/h7-8,17-18H,5-6H2,1-4H3/b11-9+,12-10+,15-7?,16-8?. The molecule has 8 heteroatoms. The number of hydrogen-bond acceptors (Lipinski definition) is 8. The van der Waals surface area contributed by atoms with Gasteiger partial charge in [-0.2, -0.15) is 0 Å². The van der Waals surface area contributed by atoms with Crippen molar-refractivity contribution in [2.75, 3.05) is 27.3 Å². The van der Waals surface area contributed by atoms with Gasteiger partial charge in [-0.05, 0) is 13.8 Å². The van der Waals surface area contributed by atoms with Crippen LogP contribution in [-0.4, -0.2) is 61.9 Å². The molecule has 0 aliphatic carbocycles. The summed E-state index contributed by atoms with van der Waals surface area (Å²) >= 11 is 0. The Hall–Kier alpha value is -2.64. The van der Waals surface area contributed by atoms with E-state index in [4.69, 9.17) is 0 Å². The van der Waals surface area contributed by atoms with Crippen molar-refractivity contribution in [3.05, 3.63) is 22.7 Å². The van der Waals surface area contributed by atoms with Crippen molar-refractivity contribution in [3.63, 3.8) is 0 Å². The zero-order valence-corrected chi connectivity index (χ0v) is 13.0. The number of carbonyl (C=O) groups is 2. The Morgan fingerprint density at radius 3 is 1.41 bits per heavy atom. The number of methoxy groups -OCH3 is 2. The molecule has 22 heavy (non-hydrogen) atoms. The van der Waals surface area contributed by atoms with Gasteiger partial charge in [-0.15, -0.1) is 0 Å². The van der Waals surface area contributed by atoms with E-state index in [-0.39, 0.29) is 35.8 Å². The molecule has 0 spiro atoms. The molecule has 8 nitrogen and oxygen atoms in total. The van der Waals surface area contributed by atoms with Crippen LogP contribution in [0.15, 0.2) is 32.6 Å². The van der Waals surface area contributed by atoms with Crippen molar-refractivity contribution in [2.24, 2.45) is 9.98 Å². The molecule has 0 aliphatic rings. The summed E-state index contributed by atoms with van der Waals surface area (Å²) in [5, 5.41) is 18.6. The fourth-order valence-electron chi connectivity index (χ4n) is 1.23. The number of rotatable bonds is 7. The fourth-order valence-corrected chi connectivity index (χ4v) is 1.23. The maximum Gasteiger partial charge on any atom is 0.342 e. The summed E-state index contributed by atoms with van der Waals surface area (Å²) in [5.74, 6) is -1.80. The lowest BCUT2D eigenvalue weighted by molar-refractivity contribution is -0.136. The van der Waals surface area contributed by atoms with Crippen LogP contribution in [0.2, 0.25) is 0 Å². The molecule has 122 valence electrons. The van der Waals surface area contributed by atoms with E-state index in [0.29, 0.717) is 0 Å². The van der Waals surface area contributed by atoms with Crippen molar-refractivity contribution >= 4 is 24.4 Å². The predicted molar refractivity (Wildman–Crippen MR) is 81.4 cm³/mol. The summed E-state index contributed by atoms with van der Waals surface area (Å²) in [4.78, 5) is 30.4. The van der Waals surface area contributed by atoms with E-state index in [1.165, 1.54) is 40.5 Å². The lowest BCUT2D eigenvalue weighted by Crippen LogP contribution is -2.09. The number of hydrogen-bond donors (Lipinski definition) is 2. The number of aliphatic hydroxyl groups excluding tert-OH is 2. The first-order chi connectivity index (χ1) is 10.3. The second-order valence-electron chi connectivity index (χ2n) is 4.05. The Balaban J connectivity index is 4.61. The average molecular weight is 312 g/mol. The highest BCUT2D eigenvalue weighted by Gasteiger charge is 2.11. The predicted octanol–water partition coefficient (Wildman–Crippen LogP) is 1.14. The van der Waals surface area contributed by atoms with Gasteiger partial charge in [-0.1, -0.05) is 0 Å². The molecule has 0 unspecified atom stereocenters. The van der Waals surface area contributed by atoms with Crippen LogP contribution in [0, 0.1) is 0 Å². The van der Waals surface area contributed by atoms with E-state index < -0.39 is 11.9 Å². The molecule has 0 fully saturated rings. The molecule has 2 N–H and O–H groups in total. The van der Waals surface area contributed by atoms with Crippen molar-refractivity contribution in [1.82, 2.24) is 0 Å². The molecule has 0 saturated carbocycles. The molecule has 0 heterocycles. The Labute approximate surface area is 128 Å². The summed E-state index contributed by atoms with van der Waals surface area (Å²) in [7, 11) is 2.39. The highest BCUT2D eigenvalue weighted by molar-refractivity contribution is 6.10. The Morgan fingerprint density at radius 1 is 0.864 bits per heavy atom. The topological polar surface area (TPSA) is 118 Å². The molecule has 0 aromatic carbocycles. The molecule has 0 aromatic rings. The quantitative estimate of drug-likeness (QED) is 0.239. The van der Waals surface area contributed by atoms with Gasteiger partial charge in [0.15, 0.2) is 0 Å². The van der Waals surface area contributed by atoms with E-state index in [1.54, 1.807) is 0 Å². The summed E-state index contributed by atoms with van der Waals surface area (Å²) in [6.45, 7) is 3.11. The van der Waals surface area contributed by atoms with Gasteiger partial charge in [0.1, 0.15) is 22.7 Å². The van der Waals surface area contributed by atoms with Crippen molar-refractivity contribution in [2.45, 2.75) is 13.8 Å². The second-order valence-corrected chi connectivity index (χ2v) is 4.05. The number of allylic oxidation sites excluding steroid dienone is 2. The number of carbonyl (C=O) groups excluding carboxylic acids is 2. The Kier molecular flexibility index (Phi) is 8.92. The lowest BCUT2D eigenvalue weighted by Gasteiger charge is -2.01. The Morgan fingerprint density at radius 2 is 1.18 bits per heavy atom. The summed E-state index contributed by atoms with van der Waals surface area (Å²) in [6, 6.07) is 0. The molecule has 0 radical (unpaired) electrons. The molecular formula is C14H20N2O6. The number of aliphatic hydroxyl groups is 2. The van der Waals surface area contributed by atoms with Gasteiger partial charge in [-0.3, -0.25) is 9.98 Å². The second kappa shape index (κ2) is 10.1. The van der Waals surface area contributed by atoms with Gasteiger partial charge in [0.2, 0.25) is 0 Å². The highest BCUT2D eigenvalue weighted by atomic mass is 16.5. The third-order valence-electron chi connectivity index (χ3n) is 2.39. The fraction of sp³-hybridized carbons (Fsp3) is 0.429. The van der Waals surface area contributed by atoms with E-state index in [0.717, 1.165) is 0 Å². The van der Waals surface area contributed by atoms with E-state index >= 15 is 0 Å². The first-order valence-electron chi connectivity index (χ1n) is 6.31. The van der Waals surface area contributed by atoms with Gasteiger partial charge < -0.3 is 19.7 Å². The molecule has 0 bridgehead atoms. The average Bonchev–Trinajstić information content (AvgIpc) is 2.47. The minimum atomic E-state index is -0.695. The highest BCUT2D eigenvalue weighted by Crippen LogP contribution is 2.01. The van der Waals surface area contributed by atoms with E-state index in [9.17, 15) is 19.8 Å². The number of ether oxygens (including phenoxy) is 2. The SMILES string of the molecule is COC(=O)/C(C=NCCN=C/C(C(=O)OC)=C(/C)O)=C(\C)O. The lowest BCUT2D eigenvalue weighted by atomic mass is 10.2. The monoisotopic (exact) mass is 312 g/mol. The molecule has 0 atom stereocenters. The Bertz CT molecular complexity index is 475. The summed E-state index contributed by atoms with van der Waals surface area (Å²) < 4.78 is 8.97. The minimum absolute atomic E-state index is 0.0483. The van der Waals surface area contributed by atoms with Gasteiger partial charge in [0.25, 0.3) is 0 Å². The minimum Gasteiger partial charge on any atom is -0.512 e. The number of aliphatic imine (C=N–C) groups is 2. The molecular weight excluding hydrogens is 292 g/mol. The zero-order chi connectivity index (χ0) is 17.1. The van der Waals surface area contributed by atoms with Gasteiger partial charge >= 0.3 is 11.9 Å². The van der Waals surface area contributed by atoms with Crippen molar-refractivity contribution < 1.29 is 29.3 Å². The van der Waals surface area contributed by atoms with Gasteiger partial charge in [0, 0.05) is 12.4 Å². The van der Waals surface area contributed by atoms with Crippen LogP contribution in [0.3, 0.4) is 0 Å². The smallest absolute Gasteiger partial charge is 0.342 e. The largest absolute Gasteiger partial charge is 0.512 e. The van der Waals surface area contributed by atoms with Crippen molar-refractivity contribution in [3.8, 4) is 0 Å². The van der Waals surface area contributed by atoms with Crippen LogP contribution in [0.25, 0.3) is 0 Å². The maximum absolute atomic E-state index is 11.3.